The van der Waals surface area contributed by atoms with E-state index in [9.17, 15) is 13.2 Å². The average molecular weight is 307 g/mol. The summed E-state index contributed by atoms with van der Waals surface area (Å²) in [5.74, 6) is -0.289. The zero-order valence-corrected chi connectivity index (χ0v) is 12.9. The number of aryl methyl sites for hydroxylation is 2. The molecule has 1 heterocycles. The van der Waals surface area contributed by atoms with Crippen molar-refractivity contribution in [2.24, 2.45) is 0 Å². The molecule has 0 spiro atoms. The van der Waals surface area contributed by atoms with Crippen LogP contribution in [0.1, 0.15) is 27.3 Å². The van der Waals surface area contributed by atoms with Gasteiger partial charge < -0.3 is 5.32 Å². The number of aromatic amines is 1. The van der Waals surface area contributed by atoms with E-state index in [0.717, 1.165) is 11.4 Å². The highest BCUT2D eigenvalue weighted by Crippen LogP contribution is 2.17. The number of H-pyrrole nitrogens is 1. The van der Waals surface area contributed by atoms with E-state index in [2.05, 4.69) is 15.5 Å². The zero-order chi connectivity index (χ0) is 15.6. The Bertz CT molecular complexity index is 742. The molecule has 1 amide bonds. The second-order valence-electron chi connectivity index (χ2n) is 5.03. The summed E-state index contributed by atoms with van der Waals surface area (Å²) < 4.78 is 22.4. The number of hydrogen-bond donors (Lipinski definition) is 2. The lowest BCUT2D eigenvalue weighted by atomic mass is 10.1. The van der Waals surface area contributed by atoms with E-state index in [4.69, 9.17) is 0 Å². The first-order chi connectivity index (χ1) is 9.76. The van der Waals surface area contributed by atoms with Crippen molar-refractivity contribution in [1.29, 1.82) is 0 Å². The smallest absolute Gasteiger partial charge is 0.255 e. The van der Waals surface area contributed by atoms with Crippen LogP contribution in [0.15, 0.2) is 24.3 Å². The first-order valence-corrected chi connectivity index (χ1v) is 8.42. The fraction of sp³-hybridized carbons (Fsp3) is 0.286. The Kier molecular flexibility index (Phi) is 4.13. The standard InChI is InChI=1S/C14H17N3O3S/c1-9-13(10(2)17-16-9)15-14(18)12-6-4-11(5-7-12)8-21(3,19)20/h4-7H,8H2,1-3H3,(H,15,18)(H,16,17). The molecule has 21 heavy (non-hydrogen) atoms. The molecule has 1 aromatic carbocycles. The van der Waals surface area contributed by atoms with Crippen LogP contribution in [0.5, 0.6) is 0 Å². The number of carbonyl (C=O) groups excluding carboxylic acids is 1. The van der Waals surface area contributed by atoms with E-state index in [1.807, 2.05) is 6.92 Å². The number of nitrogens with zero attached hydrogens (tertiary/aromatic N) is 1. The van der Waals surface area contributed by atoms with Crippen LogP contribution in [0.3, 0.4) is 0 Å². The number of nitrogens with one attached hydrogen (secondary N) is 2. The van der Waals surface area contributed by atoms with Gasteiger partial charge in [0.1, 0.15) is 0 Å². The molecule has 2 rings (SSSR count). The molecule has 0 aliphatic carbocycles. The van der Waals surface area contributed by atoms with E-state index in [-0.39, 0.29) is 11.7 Å². The molecule has 0 saturated carbocycles. The van der Waals surface area contributed by atoms with Gasteiger partial charge in [-0.15, -0.1) is 0 Å². The molecular weight excluding hydrogens is 290 g/mol. The van der Waals surface area contributed by atoms with Crippen molar-refractivity contribution < 1.29 is 13.2 Å². The lowest BCUT2D eigenvalue weighted by Gasteiger charge is -2.06. The molecule has 2 N–H and O–H groups in total. The van der Waals surface area contributed by atoms with E-state index in [1.54, 1.807) is 31.2 Å². The van der Waals surface area contributed by atoms with Gasteiger partial charge in [0.25, 0.3) is 5.91 Å². The summed E-state index contributed by atoms with van der Waals surface area (Å²) >= 11 is 0. The zero-order valence-electron chi connectivity index (χ0n) is 12.1. The fourth-order valence-corrected chi connectivity index (χ4v) is 2.77. The Morgan fingerprint density at radius 2 is 1.86 bits per heavy atom. The monoisotopic (exact) mass is 307 g/mol. The number of benzene rings is 1. The van der Waals surface area contributed by atoms with Crippen LogP contribution >= 0.6 is 0 Å². The van der Waals surface area contributed by atoms with Gasteiger partial charge >= 0.3 is 0 Å². The summed E-state index contributed by atoms with van der Waals surface area (Å²) in [6.45, 7) is 3.62. The number of hydrogen-bond acceptors (Lipinski definition) is 4. The van der Waals surface area contributed by atoms with Gasteiger partial charge in [-0.1, -0.05) is 12.1 Å². The van der Waals surface area contributed by atoms with Crippen molar-refractivity contribution in [3.8, 4) is 0 Å². The number of rotatable bonds is 4. The molecule has 2 aromatic rings. The van der Waals surface area contributed by atoms with Crippen molar-refractivity contribution in [2.45, 2.75) is 19.6 Å². The number of sulfone groups is 1. The minimum absolute atomic E-state index is 0.0329. The van der Waals surface area contributed by atoms with Crippen LogP contribution in [0.2, 0.25) is 0 Å². The average Bonchev–Trinajstić information content (AvgIpc) is 2.69. The molecule has 0 radical (unpaired) electrons. The molecule has 1 aromatic heterocycles. The van der Waals surface area contributed by atoms with Gasteiger partial charge in [0.2, 0.25) is 0 Å². The fourth-order valence-electron chi connectivity index (χ4n) is 1.98. The predicted octanol–water partition coefficient (Wildman–Crippen LogP) is 1.82. The maximum absolute atomic E-state index is 12.1. The number of carbonyl (C=O) groups is 1. The highest BCUT2D eigenvalue weighted by Gasteiger charge is 2.12. The van der Waals surface area contributed by atoms with Gasteiger partial charge in [0.05, 0.1) is 22.8 Å². The molecule has 112 valence electrons. The molecule has 0 unspecified atom stereocenters. The Morgan fingerprint density at radius 3 is 2.33 bits per heavy atom. The van der Waals surface area contributed by atoms with Crippen molar-refractivity contribution in [3.63, 3.8) is 0 Å². The van der Waals surface area contributed by atoms with Crippen LogP contribution in [-0.4, -0.2) is 30.8 Å². The quantitative estimate of drug-likeness (QED) is 0.901. The van der Waals surface area contributed by atoms with E-state index < -0.39 is 9.84 Å². The summed E-state index contributed by atoms with van der Waals surface area (Å²) in [5, 5.41) is 9.60. The first-order valence-electron chi connectivity index (χ1n) is 6.36. The van der Waals surface area contributed by atoms with Crippen LogP contribution < -0.4 is 5.32 Å². The molecule has 0 fully saturated rings. The van der Waals surface area contributed by atoms with E-state index in [0.29, 0.717) is 16.8 Å². The van der Waals surface area contributed by atoms with Crippen molar-refractivity contribution in [1.82, 2.24) is 10.2 Å². The molecule has 0 saturated heterocycles. The molecule has 0 atom stereocenters. The first kappa shape index (κ1) is 15.2. The second kappa shape index (κ2) is 5.69. The Balaban J connectivity index is 2.14. The maximum atomic E-state index is 12.1. The van der Waals surface area contributed by atoms with Crippen LogP contribution in [0.4, 0.5) is 5.69 Å². The van der Waals surface area contributed by atoms with Gasteiger partial charge in [-0.2, -0.15) is 5.10 Å². The SMILES string of the molecule is Cc1n[nH]c(C)c1NC(=O)c1ccc(CS(C)(=O)=O)cc1. The minimum atomic E-state index is -3.08. The number of amides is 1. The van der Waals surface area contributed by atoms with Gasteiger partial charge in [0.15, 0.2) is 9.84 Å². The highest BCUT2D eigenvalue weighted by atomic mass is 32.2. The maximum Gasteiger partial charge on any atom is 0.255 e. The van der Waals surface area contributed by atoms with Crippen molar-refractivity contribution >= 4 is 21.4 Å². The number of aromatic nitrogens is 2. The van der Waals surface area contributed by atoms with E-state index >= 15 is 0 Å². The van der Waals surface area contributed by atoms with Gasteiger partial charge in [0, 0.05) is 11.8 Å². The third-order valence-electron chi connectivity index (χ3n) is 3.01. The third-order valence-corrected chi connectivity index (χ3v) is 3.87. The lowest BCUT2D eigenvalue weighted by Crippen LogP contribution is -2.13. The van der Waals surface area contributed by atoms with Crippen molar-refractivity contribution in [3.05, 3.63) is 46.8 Å². The van der Waals surface area contributed by atoms with Gasteiger partial charge in [-0.3, -0.25) is 9.89 Å². The molecule has 6 nitrogen and oxygen atoms in total. The van der Waals surface area contributed by atoms with Crippen LogP contribution in [0.25, 0.3) is 0 Å². The summed E-state index contributed by atoms with van der Waals surface area (Å²) in [6.07, 6.45) is 1.18. The number of anilines is 1. The molecular formula is C14H17N3O3S. The minimum Gasteiger partial charge on any atom is -0.319 e. The van der Waals surface area contributed by atoms with Crippen LogP contribution in [0, 0.1) is 13.8 Å². The Labute approximate surface area is 123 Å². The molecule has 7 heteroatoms. The van der Waals surface area contributed by atoms with Crippen LogP contribution in [-0.2, 0) is 15.6 Å². The summed E-state index contributed by atoms with van der Waals surface area (Å²) in [5.41, 5.74) is 3.29. The lowest BCUT2D eigenvalue weighted by molar-refractivity contribution is 0.102. The summed E-state index contributed by atoms with van der Waals surface area (Å²) in [6, 6.07) is 6.51. The van der Waals surface area contributed by atoms with E-state index in [1.165, 1.54) is 6.26 Å². The molecule has 0 bridgehead atoms. The summed E-state index contributed by atoms with van der Waals surface area (Å²) in [4.78, 5) is 12.1. The largest absolute Gasteiger partial charge is 0.319 e. The Morgan fingerprint density at radius 1 is 1.24 bits per heavy atom. The van der Waals surface area contributed by atoms with Crippen molar-refractivity contribution in [2.75, 3.05) is 11.6 Å². The normalized spacial score (nSPS) is 11.4. The molecule has 0 aliphatic rings. The molecule has 0 aliphatic heterocycles. The predicted molar refractivity (Wildman–Crippen MR) is 81.0 cm³/mol. The van der Waals surface area contributed by atoms with Gasteiger partial charge in [-0.25, -0.2) is 8.42 Å². The highest BCUT2D eigenvalue weighted by molar-refractivity contribution is 7.89. The topological polar surface area (TPSA) is 91.9 Å². The second-order valence-corrected chi connectivity index (χ2v) is 7.17. The summed E-state index contributed by atoms with van der Waals surface area (Å²) in [7, 11) is -3.08. The third kappa shape index (κ3) is 3.91. The van der Waals surface area contributed by atoms with Gasteiger partial charge in [-0.05, 0) is 31.5 Å². The Hall–Kier alpha value is -2.15.